The first kappa shape index (κ1) is 19.3. The van der Waals surface area contributed by atoms with E-state index < -0.39 is 22.9 Å². The van der Waals surface area contributed by atoms with Crippen LogP contribution in [0.3, 0.4) is 0 Å². The summed E-state index contributed by atoms with van der Waals surface area (Å²) in [7, 11) is 1.34. The molecule has 0 bridgehead atoms. The molecule has 0 spiro atoms. The Labute approximate surface area is 161 Å². The van der Waals surface area contributed by atoms with Gasteiger partial charge in [0.05, 0.1) is 23.6 Å². The lowest BCUT2D eigenvalue weighted by atomic mass is 10.1. The molecular formula is C20H20N2O6. The summed E-state index contributed by atoms with van der Waals surface area (Å²) < 4.78 is 10.5. The maximum Gasteiger partial charge on any atom is 0.312 e. The van der Waals surface area contributed by atoms with Crippen molar-refractivity contribution < 1.29 is 24.0 Å². The van der Waals surface area contributed by atoms with Crippen LogP contribution >= 0.6 is 0 Å². The van der Waals surface area contributed by atoms with Crippen LogP contribution in [0.25, 0.3) is 0 Å². The zero-order chi connectivity index (χ0) is 20.3. The smallest absolute Gasteiger partial charge is 0.312 e. The number of anilines is 1. The predicted molar refractivity (Wildman–Crippen MR) is 101 cm³/mol. The van der Waals surface area contributed by atoms with Crippen molar-refractivity contribution in [3.05, 3.63) is 64.2 Å². The third-order valence-corrected chi connectivity index (χ3v) is 4.69. The topological polar surface area (TPSA) is 99.0 Å². The molecule has 1 heterocycles. The van der Waals surface area contributed by atoms with Crippen LogP contribution in [-0.2, 0) is 14.3 Å². The minimum atomic E-state index is -0.625. The first-order chi connectivity index (χ1) is 13.4. The SMILES string of the molecule is COc1ccc(N2C[C@@H](C(=O)OC(C)c3ccccc3)CC2=O)cc1[N+](=O)[O-]. The zero-order valence-electron chi connectivity index (χ0n) is 15.5. The van der Waals surface area contributed by atoms with E-state index in [-0.39, 0.29) is 30.3 Å². The van der Waals surface area contributed by atoms with Gasteiger partial charge in [-0.1, -0.05) is 30.3 Å². The van der Waals surface area contributed by atoms with Crippen LogP contribution in [0.5, 0.6) is 5.75 Å². The number of nitrogens with zero attached hydrogens (tertiary/aromatic N) is 2. The van der Waals surface area contributed by atoms with Crippen molar-refractivity contribution in [2.75, 3.05) is 18.6 Å². The number of esters is 1. The van der Waals surface area contributed by atoms with Crippen molar-refractivity contribution in [2.45, 2.75) is 19.4 Å². The highest BCUT2D eigenvalue weighted by Gasteiger charge is 2.37. The monoisotopic (exact) mass is 384 g/mol. The van der Waals surface area contributed by atoms with E-state index in [0.29, 0.717) is 5.69 Å². The van der Waals surface area contributed by atoms with Gasteiger partial charge in [-0.15, -0.1) is 0 Å². The number of ether oxygens (including phenoxy) is 2. The van der Waals surface area contributed by atoms with Gasteiger partial charge in [-0.2, -0.15) is 0 Å². The van der Waals surface area contributed by atoms with Crippen LogP contribution in [0, 0.1) is 16.0 Å². The van der Waals surface area contributed by atoms with E-state index in [2.05, 4.69) is 0 Å². The average molecular weight is 384 g/mol. The second-order valence-electron chi connectivity index (χ2n) is 6.51. The minimum Gasteiger partial charge on any atom is -0.490 e. The molecule has 3 rings (SSSR count). The van der Waals surface area contributed by atoms with Crippen LogP contribution in [0.1, 0.15) is 25.0 Å². The molecule has 146 valence electrons. The van der Waals surface area contributed by atoms with Gasteiger partial charge < -0.3 is 14.4 Å². The molecule has 8 nitrogen and oxygen atoms in total. The Morgan fingerprint density at radius 3 is 2.61 bits per heavy atom. The summed E-state index contributed by atoms with van der Waals surface area (Å²) in [6, 6.07) is 13.6. The number of carbonyl (C=O) groups is 2. The second kappa shape index (κ2) is 8.08. The number of amides is 1. The van der Waals surface area contributed by atoms with Crippen LogP contribution in [-0.4, -0.2) is 30.5 Å². The summed E-state index contributed by atoms with van der Waals surface area (Å²) in [6.07, 6.45) is -0.430. The van der Waals surface area contributed by atoms with E-state index in [0.717, 1.165) is 5.56 Å². The Hall–Kier alpha value is -3.42. The second-order valence-corrected chi connectivity index (χ2v) is 6.51. The lowest BCUT2D eigenvalue weighted by molar-refractivity contribution is -0.385. The third-order valence-electron chi connectivity index (χ3n) is 4.69. The molecule has 2 atom stereocenters. The molecule has 0 radical (unpaired) electrons. The molecule has 0 aliphatic carbocycles. The number of methoxy groups -OCH3 is 1. The summed E-state index contributed by atoms with van der Waals surface area (Å²) in [4.78, 5) is 36.9. The largest absolute Gasteiger partial charge is 0.490 e. The number of hydrogen-bond acceptors (Lipinski definition) is 6. The van der Waals surface area contributed by atoms with Gasteiger partial charge in [0.15, 0.2) is 5.75 Å². The lowest BCUT2D eigenvalue weighted by Crippen LogP contribution is -2.26. The third kappa shape index (κ3) is 3.95. The summed E-state index contributed by atoms with van der Waals surface area (Å²) in [5.74, 6) is -1.27. The molecule has 0 aromatic heterocycles. The van der Waals surface area contributed by atoms with Gasteiger partial charge in [0, 0.05) is 19.0 Å². The van der Waals surface area contributed by atoms with E-state index in [1.807, 2.05) is 30.3 Å². The Kier molecular flexibility index (Phi) is 5.58. The number of benzene rings is 2. The maximum absolute atomic E-state index is 12.5. The fourth-order valence-electron chi connectivity index (χ4n) is 3.17. The highest BCUT2D eigenvalue weighted by Crippen LogP contribution is 2.34. The van der Waals surface area contributed by atoms with Gasteiger partial charge in [-0.25, -0.2) is 0 Å². The molecule has 1 unspecified atom stereocenters. The fraction of sp³-hybridized carbons (Fsp3) is 0.300. The van der Waals surface area contributed by atoms with E-state index >= 15 is 0 Å². The maximum atomic E-state index is 12.5. The number of nitro benzene ring substituents is 1. The summed E-state index contributed by atoms with van der Waals surface area (Å²) in [6.45, 7) is 1.89. The standard InChI is InChI=1S/C20H20N2O6/c1-13(14-6-4-3-5-7-14)28-20(24)15-10-19(23)21(12-15)16-8-9-18(27-2)17(11-16)22(25)26/h3-9,11,13,15H,10,12H2,1-2H3/t13?,15-/m0/s1. The first-order valence-electron chi connectivity index (χ1n) is 8.79. The quantitative estimate of drug-likeness (QED) is 0.431. The lowest BCUT2D eigenvalue weighted by Gasteiger charge is -2.18. The van der Waals surface area contributed by atoms with Crippen molar-refractivity contribution >= 4 is 23.3 Å². The molecule has 2 aromatic rings. The van der Waals surface area contributed by atoms with E-state index in [1.54, 1.807) is 13.0 Å². The molecular weight excluding hydrogens is 364 g/mol. The Balaban J connectivity index is 1.72. The Morgan fingerprint density at radius 2 is 1.96 bits per heavy atom. The van der Waals surface area contributed by atoms with Crippen LogP contribution < -0.4 is 9.64 Å². The average Bonchev–Trinajstić information content (AvgIpc) is 3.09. The highest BCUT2D eigenvalue weighted by atomic mass is 16.6. The number of rotatable bonds is 6. The van der Waals surface area contributed by atoms with E-state index in [9.17, 15) is 19.7 Å². The Bertz CT molecular complexity index is 899. The first-order valence-corrected chi connectivity index (χ1v) is 8.79. The zero-order valence-corrected chi connectivity index (χ0v) is 15.5. The normalized spacial score (nSPS) is 17.3. The van der Waals surface area contributed by atoms with Gasteiger partial charge in [-0.3, -0.25) is 19.7 Å². The predicted octanol–water partition coefficient (Wildman–Crippen LogP) is 3.26. The number of nitro groups is 1. The molecule has 0 saturated carbocycles. The van der Waals surface area contributed by atoms with Crippen molar-refractivity contribution in [3.8, 4) is 5.75 Å². The fourth-order valence-corrected chi connectivity index (χ4v) is 3.17. The summed E-state index contributed by atoms with van der Waals surface area (Å²) in [5, 5.41) is 11.2. The molecule has 28 heavy (non-hydrogen) atoms. The van der Waals surface area contributed by atoms with Gasteiger partial charge in [-0.05, 0) is 24.6 Å². The van der Waals surface area contributed by atoms with Gasteiger partial charge in [0.25, 0.3) is 0 Å². The Morgan fingerprint density at radius 1 is 1.25 bits per heavy atom. The van der Waals surface area contributed by atoms with Crippen molar-refractivity contribution in [3.63, 3.8) is 0 Å². The molecule has 2 aromatic carbocycles. The van der Waals surface area contributed by atoms with Gasteiger partial charge in [0.1, 0.15) is 6.10 Å². The molecule has 1 aliphatic rings. The van der Waals surface area contributed by atoms with Crippen molar-refractivity contribution in [1.82, 2.24) is 0 Å². The molecule has 0 N–H and O–H groups in total. The molecule has 1 saturated heterocycles. The van der Waals surface area contributed by atoms with Crippen LogP contribution in [0.2, 0.25) is 0 Å². The summed E-state index contributed by atoms with van der Waals surface area (Å²) in [5.41, 5.74) is 0.975. The molecule has 1 aliphatic heterocycles. The van der Waals surface area contributed by atoms with Gasteiger partial charge in [0.2, 0.25) is 5.91 Å². The van der Waals surface area contributed by atoms with Gasteiger partial charge >= 0.3 is 11.7 Å². The van der Waals surface area contributed by atoms with E-state index in [4.69, 9.17) is 9.47 Å². The van der Waals surface area contributed by atoms with E-state index in [1.165, 1.54) is 24.1 Å². The van der Waals surface area contributed by atoms with Crippen LogP contribution in [0.4, 0.5) is 11.4 Å². The van der Waals surface area contributed by atoms with Crippen LogP contribution in [0.15, 0.2) is 48.5 Å². The molecule has 1 fully saturated rings. The highest BCUT2D eigenvalue weighted by molar-refractivity contribution is 5.99. The minimum absolute atomic E-state index is 0.000168. The summed E-state index contributed by atoms with van der Waals surface area (Å²) >= 11 is 0. The molecule has 8 heteroatoms. The number of hydrogen-bond donors (Lipinski definition) is 0. The van der Waals surface area contributed by atoms with Crippen molar-refractivity contribution in [2.24, 2.45) is 5.92 Å². The molecule has 1 amide bonds. The van der Waals surface area contributed by atoms with Crippen molar-refractivity contribution in [1.29, 1.82) is 0 Å². The number of carbonyl (C=O) groups excluding carboxylic acids is 2.